The summed E-state index contributed by atoms with van der Waals surface area (Å²) in [7, 11) is 0. The first kappa shape index (κ1) is 13.1. The molecule has 0 spiro atoms. The topological polar surface area (TPSA) is 96.2 Å². The van der Waals surface area contributed by atoms with Crippen LogP contribution in [0.1, 0.15) is 24.8 Å². The van der Waals surface area contributed by atoms with Crippen LogP contribution in [0.4, 0.5) is 5.69 Å². The molecule has 0 fully saturated rings. The molecule has 1 heterocycles. The molecule has 2 rings (SSSR count). The van der Waals surface area contributed by atoms with E-state index in [0.29, 0.717) is 24.8 Å². The number of carbonyl (C=O) groups is 1. The second-order valence-corrected chi connectivity index (χ2v) is 4.36. The lowest BCUT2D eigenvalue weighted by atomic mass is 10.0. The molecule has 1 aromatic heterocycles. The zero-order valence-corrected chi connectivity index (χ0v) is 10.3. The highest BCUT2D eigenvalue weighted by Crippen LogP contribution is 2.28. The summed E-state index contributed by atoms with van der Waals surface area (Å²) in [5, 5.41) is 20.4. The molecular weight excluding hydrogens is 248 g/mol. The number of nitro groups is 1. The summed E-state index contributed by atoms with van der Waals surface area (Å²) in [6, 6.07) is 4.99. The molecule has 19 heavy (non-hydrogen) atoms. The van der Waals surface area contributed by atoms with Crippen LogP contribution in [0, 0.1) is 10.1 Å². The molecule has 2 N–H and O–H groups in total. The second kappa shape index (κ2) is 5.51. The Morgan fingerprint density at radius 3 is 2.79 bits per heavy atom. The molecule has 2 aromatic rings. The normalized spacial score (nSPS) is 10.7. The van der Waals surface area contributed by atoms with E-state index in [1.54, 1.807) is 12.3 Å². The van der Waals surface area contributed by atoms with E-state index >= 15 is 0 Å². The largest absolute Gasteiger partial charge is 0.481 e. The molecule has 0 unspecified atom stereocenters. The molecule has 0 bridgehead atoms. The van der Waals surface area contributed by atoms with E-state index in [2.05, 4.69) is 4.98 Å². The van der Waals surface area contributed by atoms with Gasteiger partial charge in [-0.15, -0.1) is 0 Å². The molecule has 0 saturated carbocycles. The summed E-state index contributed by atoms with van der Waals surface area (Å²) in [5.74, 6) is -0.839. The van der Waals surface area contributed by atoms with Crippen molar-refractivity contribution in [3.8, 4) is 0 Å². The SMILES string of the molecule is O=C(O)CCCCc1c([N+](=O)[O-])ccc2[nH]ccc12. The Kier molecular flexibility index (Phi) is 3.79. The summed E-state index contributed by atoms with van der Waals surface area (Å²) < 4.78 is 0. The minimum Gasteiger partial charge on any atom is -0.481 e. The monoisotopic (exact) mass is 262 g/mol. The molecule has 0 amide bonds. The van der Waals surface area contributed by atoms with Gasteiger partial charge < -0.3 is 10.1 Å². The number of aliphatic carboxylic acids is 1. The van der Waals surface area contributed by atoms with Crippen molar-refractivity contribution < 1.29 is 14.8 Å². The Morgan fingerprint density at radius 2 is 2.11 bits per heavy atom. The number of fused-ring (bicyclic) bond motifs is 1. The average Bonchev–Trinajstić information content (AvgIpc) is 2.82. The van der Waals surface area contributed by atoms with E-state index in [4.69, 9.17) is 5.11 Å². The summed E-state index contributed by atoms with van der Waals surface area (Å²) in [5.41, 5.74) is 1.63. The number of hydrogen-bond donors (Lipinski definition) is 2. The molecule has 0 aliphatic carbocycles. The zero-order valence-electron chi connectivity index (χ0n) is 10.3. The van der Waals surface area contributed by atoms with Crippen molar-refractivity contribution in [1.29, 1.82) is 0 Å². The van der Waals surface area contributed by atoms with E-state index in [0.717, 1.165) is 10.9 Å². The van der Waals surface area contributed by atoms with Gasteiger partial charge in [-0.1, -0.05) is 0 Å². The van der Waals surface area contributed by atoms with Crippen LogP contribution in [0.2, 0.25) is 0 Å². The lowest BCUT2D eigenvalue weighted by Crippen LogP contribution is -1.98. The third-order valence-corrected chi connectivity index (χ3v) is 3.09. The van der Waals surface area contributed by atoms with Crippen LogP contribution in [-0.4, -0.2) is 21.0 Å². The van der Waals surface area contributed by atoms with Gasteiger partial charge in [0.15, 0.2) is 0 Å². The zero-order chi connectivity index (χ0) is 13.8. The summed E-state index contributed by atoms with van der Waals surface area (Å²) in [4.78, 5) is 24.1. The molecule has 0 atom stereocenters. The van der Waals surface area contributed by atoms with Gasteiger partial charge in [-0.25, -0.2) is 0 Å². The summed E-state index contributed by atoms with van der Waals surface area (Å²) >= 11 is 0. The maximum atomic E-state index is 11.0. The standard InChI is InChI=1S/C13H14N2O4/c16-13(17)4-2-1-3-10-9-7-8-14-11(9)5-6-12(10)15(18)19/h5-8,14H,1-4H2,(H,16,17). The molecule has 0 aliphatic rings. The minimum atomic E-state index is -0.839. The van der Waals surface area contributed by atoms with Crippen molar-refractivity contribution in [2.24, 2.45) is 0 Å². The number of benzene rings is 1. The average molecular weight is 262 g/mol. The molecule has 0 aliphatic heterocycles. The number of aromatic nitrogens is 1. The number of H-pyrrole nitrogens is 1. The Labute approximate surface area is 109 Å². The van der Waals surface area contributed by atoms with Gasteiger partial charge in [-0.2, -0.15) is 0 Å². The van der Waals surface area contributed by atoms with Crippen LogP contribution in [0.15, 0.2) is 24.4 Å². The van der Waals surface area contributed by atoms with Gasteiger partial charge in [0, 0.05) is 35.2 Å². The number of aromatic amines is 1. The van der Waals surface area contributed by atoms with Crippen molar-refractivity contribution in [2.45, 2.75) is 25.7 Å². The quantitative estimate of drug-likeness (QED) is 0.475. The first-order valence-electron chi connectivity index (χ1n) is 6.04. The fourth-order valence-corrected chi connectivity index (χ4v) is 2.20. The molecule has 6 nitrogen and oxygen atoms in total. The highest BCUT2D eigenvalue weighted by molar-refractivity contribution is 5.86. The predicted molar refractivity (Wildman–Crippen MR) is 70.1 cm³/mol. The van der Waals surface area contributed by atoms with E-state index in [9.17, 15) is 14.9 Å². The third-order valence-electron chi connectivity index (χ3n) is 3.09. The molecular formula is C13H14N2O4. The number of nitro benzene ring substituents is 1. The first-order chi connectivity index (χ1) is 9.09. The minimum absolute atomic E-state index is 0.0942. The molecule has 0 radical (unpaired) electrons. The van der Waals surface area contributed by atoms with Crippen LogP contribution in [-0.2, 0) is 11.2 Å². The molecule has 1 aromatic carbocycles. The number of hydrogen-bond acceptors (Lipinski definition) is 3. The Hall–Kier alpha value is -2.37. The number of aryl methyl sites for hydroxylation is 1. The maximum Gasteiger partial charge on any atom is 0.303 e. The van der Waals surface area contributed by atoms with Crippen molar-refractivity contribution in [1.82, 2.24) is 4.98 Å². The Bertz CT molecular complexity index is 618. The van der Waals surface area contributed by atoms with E-state index in [-0.39, 0.29) is 17.0 Å². The van der Waals surface area contributed by atoms with Crippen LogP contribution in [0.5, 0.6) is 0 Å². The van der Waals surface area contributed by atoms with E-state index < -0.39 is 5.97 Å². The van der Waals surface area contributed by atoms with Gasteiger partial charge in [0.2, 0.25) is 0 Å². The van der Waals surface area contributed by atoms with Gasteiger partial charge in [-0.3, -0.25) is 14.9 Å². The smallest absolute Gasteiger partial charge is 0.303 e. The van der Waals surface area contributed by atoms with Gasteiger partial charge in [0.25, 0.3) is 5.69 Å². The van der Waals surface area contributed by atoms with E-state index in [1.165, 1.54) is 6.07 Å². The fourth-order valence-electron chi connectivity index (χ4n) is 2.20. The Morgan fingerprint density at radius 1 is 1.32 bits per heavy atom. The van der Waals surface area contributed by atoms with Gasteiger partial charge in [0.05, 0.1) is 4.92 Å². The lowest BCUT2D eigenvalue weighted by molar-refractivity contribution is -0.385. The second-order valence-electron chi connectivity index (χ2n) is 4.36. The number of unbranched alkanes of at least 4 members (excludes halogenated alkanes) is 1. The molecule has 100 valence electrons. The highest BCUT2D eigenvalue weighted by Gasteiger charge is 2.16. The predicted octanol–water partition coefficient (Wildman–Crippen LogP) is 2.87. The van der Waals surface area contributed by atoms with E-state index in [1.807, 2.05) is 6.07 Å². The van der Waals surface area contributed by atoms with Crippen LogP contribution in [0.3, 0.4) is 0 Å². The molecule has 0 saturated heterocycles. The number of carboxylic acids is 1. The lowest BCUT2D eigenvalue weighted by Gasteiger charge is -2.04. The highest BCUT2D eigenvalue weighted by atomic mass is 16.6. The fraction of sp³-hybridized carbons (Fsp3) is 0.308. The van der Waals surface area contributed by atoms with Gasteiger partial charge in [-0.05, 0) is 31.4 Å². The van der Waals surface area contributed by atoms with Crippen LogP contribution >= 0.6 is 0 Å². The van der Waals surface area contributed by atoms with Crippen LogP contribution in [0.25, 0.3) is 10.9 Å². The number of nitrogens with zero attached hydrogens (tertiary/aromatic N) is 1. The van der Waals surface area contributed by atoms with Gasteiger partial charge >= 0.3 is 5.97 Å². The summed E-state index contributed by atoms with van der Waals surface area (Å²) in [6.07, 6.45) is 3.50. The number of carboxylic acid groups (broad SMARTS) is 1. The maximum absolute atomic E-state index is 11.0. The third kappa shape index (κ3) is 2.90. The molecule has 6 heteroatoms. The number of rotatable bonds is 6. The first-order valence-corrected chi connectivity index (χ1v) is 6.04. The summed E-state index contributed by atoms with van der Waals surface area (Å²) in [6.45, 7) is 0. The van der Waals surface area contributed by atoms with Crippen molar-refractivity contribution >= 4 is 22.6 Å². The van der Waals surface area contributed by atoms with Crippen LogP contribution < -0.4 is 0 Å². The van der Waals surface area contributed by atoms with Gasteiger partial charge in [0.1, 0.15) is 0 Å². The number of nitrogens with one attached hydrogen (secondary N) is 1. The Balaban J connectivity index is 2.23. The van der Waals surface area contributed by atoms with Crippen molar-refractivity contribution in [2.75, 3.05) is 0 Å². The van der Waals surface area contributed by atoms with Crippen molar-refractivity contribution in [3.63, 3.8) is 0 Å². The van der Waals surface area contributed by atoms with Crippen molar-refractivity contribution in [3.05, 3.63) is 40.1 Å².